The fourth-order valence-corrected chi connectivity index (χ4v) is 2.27. The van der Waals surface area contributed by atoms with E-state index in [4.69, 9.17) is 0 Å². The van der Waals surface area contributed by atoms with Gasteiger partial charge in [0, 0.05) is 5.69 Å². The first-order valence-corrected chi connectivity index (χ1v) is 6.71. The standard InChI is InChI=1S/C15H17N3O4/c1-9-12(14(20)22-3)10(2)18(13(9)19)17-15(21)16-11-7-5-4-6-8-11/h4-9H,1-3H3,(H2,16,17,21). The number of methoxy groups -OCH3 is 1. The number of nitrogens with zero attached hydrogens (tertiary/aromatic N) is 1. The van der Waals surface area contributed by atoms with E-state index in [2.05, 4.69) is 15.5 Å². The lowest BCUT2D eigenvalue weighted by atomic mass is 10.0. The average molecular weight is 303 g/mol. The van der Waals surface area contributed by atoms with Crippen LogP contribution in [0.2, 0.25) is 0 Å². The molecule has 7 heteroatoms. The topological polar surface area (TPSA) is 87.7 Å². The monoisotopic (exact) mass is 303 g/mol. The second-order valence-corrected chi connectivity index (χ2v) is 4.82. The summed E-state index contributed by atoms with van der Waals surface area (Å²) in [5.41, 5.74) is 3.62. The van der Waals surface area contributed by atoms with Crippen LogP contribution in [-0.4, -0.2) is 30.0 Å². The molecule has 0 saturated heterocycles. The second kappa shape index (κ2) is 6.30. The minimum Gasteiger partial charge on any atom is -0.466 e. The summed E-state index contributed by atoms with van der Waals surface area (Å²) in [6.07, 6.45) is 0. The van der Waals surface area contributed by atoms with Gasteiger partial charge in [0.05, 0.1) is 24.3 Å². The Balaban J connectivity index is 2.12. The highest BCUT2D eigenvalue weighted by Gasteiger charge is 2.39. The van der Waals surface area contributed by atoms with Crippen molar-refractivity contribution in [1.29, 1.82) is 0 Å². The van der Waals surface area contributed by atoms with E-state index in [0.717, 1.165) is 5.01 Å². The lowest BCUT2D eigenvalue weighted by Gasteiger charge is -2.19. The molecule has 1 atom stereocenters. The number of ether oxygens (including phenoxy) is 1. The second-order valence-electron chi connectivity index (χ2n) is 4.82. The van der Waals surface area contributed by atoms with Gasteiger partial charge in [-0.3, -0.25) is 4.79 Å². The largest absolute Gasteiger partial charge is 0.466 e. The van der Waals surface area contributed by atoms with Crippen LogP contribution >= 0.6 is 0 Å². The number of urea groups is 1. The van der Waals surface area contributed by atoms with Crippen LogP contribution in [0.5, 0.6) is 0 Å². The summed E-state index contributed by atoms with van der Waals surface area (Å²) in [6.45, 7) is 3.17. The molecule has 0 saturated carbocycles. The van der Waals surface area contributed by atoms with Crippen molar-refractivity contribution in [2.45, 2.75) is 13.8 Å². The molecule has 0 aromatic heterocycles. The Labute approximate surface area is 127 Å². The molecule has 1 aromatic rings. The van der Waals surface area contributed by atoms with Crippen molar-refractivity contribution < 1.29 is 19.1 Å². The van der Waals surface area contributed by atoms with E-state index in [0.29, 0.717) is 11.4 Å². The van der Waals surface area contributed by atoms with Crippen LogP contribution in [0.15, 0.2) is 41.6 Å². The van der Waals surface area contributed by atoms with Crippen LogP contribution in [0.25, 0.3) is 0 Å². The van der Waals surface area contributed by atoms with Crippen molar-refractivity contribution in [3.8, 4) is 0 Å². The Morgan fingerprint density at radius 2 is 1.86 bits per heavy atom. The molecule has 116 valence electrons. The molecular formula is C15H17N3O4. The van der Waals surface area contributed by atoms with E-state index < -0.39 is 17.9 Å². The maximum atomic E-state index is 12.2. The van der Waals surface area contributed by atoms with Gasteiger partial charge in [-0.1, -0.05) is 18.2 Å². The van der Waals surface area contributed by atoms with E-state index in [-0.39, 0.29) is 11.5 Å². The fourth-order valence-electron chi connectivity index (χ4n) is 2.27. The number of anilines is 1. The summed E-state index contributed by atoms with van der Waals surface area (Å²) in [6, 6.07) is 8.24. The first-order chi connectivity index (χ1) is 10.5. The van der Waals surface area contributed by atoms with Gasteiger partial charge in [-0.2, -0.15) is 0 Å². The van der Waals surface area contributed by atoms with Gasteiger partial charge in [0.15, 0.2) is 0 Å². The molecule has 1 unspecified atom stereocenters. The Hall–Kier alpha value is -2.83. The number of nitrogens with one attached hydrogen (secondary N) is 2. The van der Waals surface area contributed by atoms with Crippen molar-refractivity contribution in [3.05, 3.63) is 41.6 Å². The third kappa shape index (κ3) is 2.93. The molecule has 0 bridgehead atoms. The summed E-state index contributed by atoms with van der Waals surface area (Å²) in [4.78, 5) is 35.8. The number of esters is 1. The number of carbonyl (C=O) groups excluding carboxylic acids is 3. The van der Waals surface area contributed by atoms with Gasteiger partial charge in [0.2, 0.25) is 0 Å². The zero-order valence-corrected chi connectivity index (χ0v) is 12.5. The molecule has 3 amide bonds. The lowest BCUT2D eigenvalue weighted by Crippen LogP contribution is -2.45. The lowest BCUT2D eigenvalue weighted by molar-refractivity contribution is -0.138. The third-order valence-corrected chi connectivity index (χ3v) is 3.40. The molecule has 2 rings (SSSR count). The Kier molecular flexibility index (Phi) is 4.45. The molecular weight excluding hydrogens is 286 g/mol. The number of rotatable bonds is 3. The number of allylic oxidation sites excluding steroid dienone is 1. The molecule has 2 N–H and O–H groups in total. The molecule has 7 nitrogen and oxygen atoms in total. The SMILES string of the molecule is COC(=O)C1=C(C)N(NC(=O)Nc2ccccc2)C(=O)C1C. The highest BCUT2D eigenvalue weighted by molar-refractivity contribution is 6.02. The van der Waals surface area contributed by atoms with Gasteiger partial charge in [0.1, 0.15) is 0 Å². The van der Waals surface area contributed by atoms with Crippen molar-refractivity contribution >= 4 is 23.6 Å². The van der Waals surface area contributed by atoms with Gasteiger partial charge < -0.3 is 10.1 Å². The highest BCUT2D eigenvalue weighted by Crippen LogP contribution is 2.28. The minimum absolute atomic E-state index is 0.243. The van der Waals surface area contributed by atoms with E-state index in [1.165, 1.54) is 7.11 Å². The molecule has 0 aliphatic carbocycles. The van der Waals surface area contributed by atoms with Crippen molar-refractivity contribution in [2.75, 3.05) is 12.4 Å². The third-order valence-electron chi connectivity index (χ3n) is 3.40. The number of hydrogen-bond acceptors (Lipinski definition) is 4. The number of para-hydroxylation sites is 1. The summed E-state index contributed by atoms with van der Waals surface area (Å²) < 4.78 is 4.67. The molecule has 0 fully saturated rings. The zero-order valence-electron chi connectivity index (χ0n) is 12.5. The van der Waals surface area contributed by atoms with Crippen molar-refractivity contribution in [1.82, 2.24) is 10.4 Å². The van der Waals surface area contributed by atoms with Crippen LogP contribution in [0.3, 0.4) is 0 Å². The van der Waals surface area contributed by atoms with Crippen LogP contribution in [-0.2, 0) is 14.3 Å². The summed E-state index contributed by atoms with van der Waals surface area (Å²) in [7, 11) is 1.25. The van der Waals surface area contributed by atoms with E-state index >= 15 is 0 Å². The van der Waals surface area contributed by atoms with Crippen molar-refractivity contribution in [3.63, 3.8) is 0 Å². The van der Waals surface area contributed by atoms with Crippen LogP contribution in [0.4, 0.5) is 10.5 Å². The molecule has 22 heavy (non-hydrogen) atoms. The number of amides is 3. The molecule has 1 aliphatic rings. The maximum absolute atomic E-state index is 12.2. The van der Waals surface area contributed by atoms with E-state index in [9.17, 15) is 14.4 Å². The Morgan fingerprint density at radius 1 is 1.23 bits per heavy atom. The fraction of sp³-hybridized carbons (Fsp3) is 0.267. The van der Waals surface area contributed by atoms with E-state index in [1.807, 2.05) is 6.07 Å². The first kappa shape index (κ1) is 15.6. The smallest absolute Gasteiger partial charge is 0.338 e. The van der Waals surface area contributed by atoms with Crippen LogP contribution in [0.1, 0.15) is 13.8 Å². The molecule has 1 aromatic carbocycles. The predicted octanol–water partition coefficient (Wildman–Crippen LogP) is 1.65. The average Bonchev–Trinajstić information content (AvgIpc) is 2.71. The van der Waals surface area contributed by atoms with E-state index in [1.54, 1.807) is 38.1 Å². The highest BCUT2D eigenvalue weighted by atomic mass is 16.5. The minimum atomic E-state index is -0.663. The summed E-state index contributed by atoms with van der Waals surface area (Å²) in [5.74, 6) is -1.63. The number of benzene rings is 1. The Bertz CT molecular complexity index is 639. The first-order valence-electron chi connectivity index (χ1n) is 6.71. The molecule has 0 spiro atoms. The van der Waals surface area contributed by atoms with Gasteiger partial charge in [-0.15, -0.1) is 0 Å². The van der Waals surface area contributed by atoms with Gasteiger partial charge in [0.25, 0.3) is 5.91 Å². The van der Waals surface area contributed by atoms with Crippen molar-refractivity contribution in [2.24, 2.45) is 5.92 Å². The normalized spacial score (nSPS) is 17.5. The van der Waals surface area contributed by atoms with Gasteiger partial charge in [-0.05, 0) is 26.0 Å². The molecule has 1 heterocycles. The molecule has 0 radical (unpaired) electrons. The quantitative estimate of drug-likeness (QED) is 0.831. The number of carbonyl (C=O) groups is 3. The zero-order chi connectivity index (χ0) is 16.3. The van der Waals surface area contributed by atoms with Crippen LogP contribution in [0, 0.1) is 5.92 Å². The summed E-state index contributed by atoms with van der Waals surface area (Å²) >= 11 is 0. The maximum Gasteiger partial charge on any atom is 0.338 e. The molecule has 1 aliphatic heterocycles. The Morgan fingerprint density at radius 3 is 2.45 bits per heavy atom. The number of hydrazine groups is 1. The number of hydrogen-bond donors (Lipinski definition) is 2. The van der Waals surface area contributed by atoms with Gasteiger partial charge >= 0.3 is 12.0 Å². The van der Waals surface area contributed by atoms with Gasteiger partial charge in [-0.25, -0.2) is 20.0 Å². The summed E-state index contributed by atoms with van der Waals surface area (Å²) in [5, 5.41) is 3.66. The van der Waals surface area contributed by atoms with Crippen LogP contribution < -0.4 is 10.7 Å². The predicted molar refractivity (Wildman–Crippen MR) is 79.3 cm³/mol.